The zero-order valence-electron chi connectivity index (χ0n) is 20.2. The number of hydrogen-bond acceptors (Lipinski definition) is 5. The number of rotatable bonds is 7. The van der Waals surface area contributed by atoms with Gasteiger partial charge in [0, 0.05) is 41.3 Å². The monoisotopic (exact) mass is 483 g/mol. The summed E-state index contributed by atoms with van der Waals surface area (Å²) in [6, 6.07) is 10.0. The lowest BCUT2D eigenvalue weighted by molar-refractivity contribution is -0.903. The Kier molecular flexibility index (Phi) is 7.57. The molecule has 182 valence electrons. The van der Waals surface area contributed by atoms with Crippen LogP contribution in [0.25, 0.3) is 5.57 Å². The Morgan fingerprint density at radius 1 is 1.26 bits per heavy atom. The van der Waals surface area contributed by atoms with Gasteiger partial charge in [-0.25, -0.2) is 10.2 Å². The van der Waals surface area contributed by atoms with E-state index in [1.165, 1.54) is 0 Å². The van der Waals surface area contributed by atoms with Crippen molar-refractivity contribution in [2.45, 2.75) is 46.1 Å². The highest BCUT2D eigenvalue weighted by Crippen LogP contribution is 2.28. The van der Waals surface area contributed by atoms with Crippen molar-refractivity contribution in [2.24, 2.45) is 5.41 Å². The largest absolute Gasteiger partial charge is 0.603 e. The van der Waals surface area contributed by atoms with Gasteiger partial charge in [-0.05, 0) is 55.1 Å². The lowest BCUT2D eigenvalue weighted by atomic mass is 9.96. The van der Waals surface area contributed by atoms with E-state index in [0.717, 1.165) is 42.6 Å². The summed E-state index contributed by atoms with van der Waals surface area (Å²) in [5, 5.41) is 18.9. The van der Waals surface area contributed by atoms with Crippen molar-refractivity contribution < 1.29 is 9.97 Å². The van der Waals surface area contributed by atoms with Crippen molar-refractivity contribution in [3.05, 3.63) is 70.3 Å². The van der Waals surface area contributed by atoms with E-state index in [2.05, 4.69) is 15.2 Å². The molecule has 0 radical (unpaired) electrons. The SMILES string of the molecule is CC(C)(C)C(=O)NCCN1CCC[C@@H]1CN1C=C(Cc2ccc(Cl)cc2)c2ccncc2[NH+]1[O-]. The van der Waals surface area contributed by atoms with Crippen LogP contribution in [-0.2, 0) is 11.2 Å². The number of amides is 1. The first-order valence-corrected chi connectivity index (χ1v) is 12.3. The molecule has 2 atom stereocenters. The Balaban J connectivity index is 1.46. The van der Waals surface area contributed by atoms with Crippen LogP contribution in [0.1, 0.15) is 44.7 Å². The molecule has 4 rings (SSSR count). The molecule has 1 unspecified atom stereocenters. The minimum atomic E-state index is -0.392. The number of nitrogens with zero attached hydrogens (tertiary/aromatic N) is 3. The van der Waals surface area contributed by atoms with Crippen LogP contribution in [0.2, 0.25) is 5.02 Å². The molecule has 1 aromatic heterocycles. The van der Waals surface area contributed by atoms with Gasteiger partial charge in [-0.2, -0.15) is 0 Å². The quantitative estimate of drug-likeness (QED) is 0.591. The number of benzene rings is 1. The number of fused-ring (bicyclic) bond motifs is 1. The van der Waals surface area contributed by atoms with E-state index in [-0.39, 0.29) is 17.1 Å². The maximum Gasteiger partial charge on any atom is 0.225 e. The zero-order valence-corrected chi connectivity index (χ0v) is 20.9. The van der Waals surface area contributed by atoms with Gasteiger partial charge in [0.1, 0.15) is 0 Å². The third kappa shape index (κ3) is 5.78. The fourth-order valence-electron chi connectivity index (χ4n) is 4.62. The summed E-state index contributed by atoms with van der Waals surface area (Å²) in [6.07, 6.45) is 8.27. The molecule has 0 saturated carbocycles. The second-order valence-corrected chi connectivity index (χ2v) is 10.6. The summed E-state index contributed by atoms with van der Waals surface area (Å²) in [5.41, 5.74) is 3.44. The smallest absolute Gasteiger partial charge is 0.225 e. The second kappa shape index (κ2) is 10.4. The highest BCUT2D eigenvalue weighted by molar-refractivity contribution is 6.30. The number of nitrogens with one attached hydrogen (secondary N) is 2. The minimum Gasteiger partial charge on any atom is -0.603 e. The van der Waals surface area contributed by atoms with Crippen molar-refractivity contribution >= 4 is 28.8 Å². The molecule has 2 aromatic rings. The van der Waals surface area contributed by atoms with Gasteiger partial charge in [-0.15, -0.1) is 0 Å². The molecular weight excluding hydrogens is 450 g/mol. The molecule has 1 aromatic carbocycles. The molecule has 0 spiro atoms. The van der Waals surface area contributed by atoms with Crippen molar-refractivity contribution in [1.29, 1.82) is 0 Å². The van der Waals surface area contributed by atoms with Gasteiger partial charge in [0.05, 0.1) is 18.9 Å². The predicted octanol–water partition coefficient (Wildman–Crippen LogP) is 3.19. The van der Waals surface area contributed by atoms with Gasteiger partial charge in [-0.1, -0.05) is 44.5 Å². The molecule has 0 aliphatic carbocycles. The van der Waals surface area contributed by atoms with Crippen molar-refractivity contribution in [3.8, 4) is 0 Å². The number of likely N-dealkylation sites (tertiary alicyclic amines) is 1. The van der Waals surface area contributed by atoms with Gasteiger partial charge in [0.15, 0.2) is 5.69 Å². The number of carbonyl (C=O) groups excluding carboxylic acids is 1. The van der Waals surface area contributed by atoms with Crippen molar-refractivity contribution in [1.82, 2.24) is 20.2 Å². The number of allylic oxidation sites excluding steroid dienone is 1. The Labute approximate surface area is 206 Å². The summed E-state index contributed by atoms with van der Waals surface area (Å²) in [6.45, 7) is 8.78. The Bertz CT molecular complexity index is 1030. The number of hydrogen-bond donors (Lipinski definition) is 2. The van der Waals surface area contributed by atoms with Crippen LogP contribution < -0.4 is 10.5 Å². The molecule has 8 heteroatoms. The Morgan fingerprint density at radius 3 is 2.76 bits per heavy atom. The number of carbonyl (C=O) groups is 1. The van der Waals surface area contributed by atoms with Crippen LogP contribution in [0.15, 0.2) is 48.9 Å². The molecule has 7 nitrogen and oxygen atoms in total. The average molecular weight is 484 g/mol. The third-order valence-electron chi connectivity index (χ3n) is 6.55. The average Bonchev–Trinajstić information content (AvgIpc) is 3.24. The van der Waals surface area contributed by atoms with Gasteiger partial charge >= 0.3 is 0 Å². The maximum atomic E-state index is 13.3. The number of halogens is 1. The van der Waals surface area contributed by atoms with E-state index in [1.54, 1.807) is 12.4 Å². The summed E-state index contributed by atoms with van der Waals surface area (Å²) in [5.74, 6) is 0.0633. The highest BCUT2D eigenvalue weighted by Gasteiger charge is 2.31. The summed E-state index contributed by atoms with van der Waals surface area (Å²) < 4.78 is 0. The van der Waals surface area contributed by atoms with E-state index in [0.29, 0.717) is 30.2 Å². The number of aromatic nitrogens is 1. The van der Waals surface area contributed by atoms with Crippen molar-refractivity contribution in [2.75, 3.05) is 26.2 Å². The fourth-order valence-corrected chi connectivity index (χ4v) is 4.74. The molecule has 2 aliphatic rings. The molecule has 34 heavy (non-hydrogen) atoms. The van der Waals surface area contributed by atoms with Gasteiger partial charge in [0.2, 0.25) is 5.91 Å². The lowest BCUT2D eigenvalue weighted by Crippen LogP contribution is -3.09. The zero-order chi connectivity index (χ0) is 24.3. The van der Waals surface area contributed by atoms with E-state index in [4.69, 9.17) is 11.6 Å². The lowest BCUT2D eigenvalue weighted by Gasteiger charge is -2.40. The van der Waals surface area contributed by atoms with Gasteiger partial charge < -0.3 is 10.5 Å². The first kappa shape index (κ1) is 24.7. The van der Waals surface area contributed by atoms with Crippen LogP contribution in [-0.4, -0.2) is 53.0 Å². The summed E-state index contributed by atoms with van der Waals surface area (Å²) in [4.78, 5) is 18.8. The van der Waals surface area contributed by atoms with E-state index in [1.807, 2.05) is 62.3 Å². The van der Waals surface area contributed by atoms with Crippen LogP contribution in [0.4, 0.5) is 5.69 Å². The molecule has 2 aliphatic heterocycles. The topological polar surface area (TPSA) is 76.0 Å². The molecule has 0 bridgehead atoms. The Morgan fingerprint density at radius 2 is 2.03 bits per heavy atom. The van der Waals surface area contributed by atoms with E-state index >= 15 is 0 Å². The fraction of sp³-hybridized carbons (Fsp3) is 0.462. The molecule has 2 N–H and O–H groups in total. The van der Waals surface area contributed by atoms with E-state index in [9.17, 15) is 10.0 Å². The summed E-state index contributed by atoms with van der Waals surface area (Å²) in [7, 11) is 0. The van der Waals surface area contributed by atoms with Gasteiger partial charge in [0.25, 0.3) is 0 Å². The molecular formula is C26H34ClN5O2. The second-order valence-electron chi connectivity index (χ2n) is 10.2. The first-order valence-electron chi connectivity index (χ1n) is 12.0. The first-order chi connectivity index (χ1) is 16.2. The summed E-state index contributed by atoms with van der Waals surface area (Å²) >= 11 is 6.06. The maximum absolute atomic E-state index is 13.3. The standard InChI is InChI=1S/C26H34ClN5O2/c1-26(2,3)25(33)29-12-14-30-13-4-5-22(30)18-31-17-20(15-19-6-8-21(27)9-7-19)23-10-11-28-16-24(23)32(31)34/h6-11,16-17,22,32H,4-5,12-15,18H2,1-3H3,(H,29,33)/t22-/m1/s1. The predicted molar refractivity (Wildman–Crippen MR) is 135 cm³/mol. The third-order valence-corrected chi connectivity index (χ3v) is 6.80. The number of quaternary nitrogens is 1. The normalized spacial score (nSPS) is 20.7. The van der Waals surface area contributed by atoms with E-state index < -0.39 is 5.41 Å². The van der Waals surface area contributed by atoms with Crippen LogP contribution in [0.3, 0.4) is 0 Å². The molecule has 3 heterocycles. The highest BCUT2D eigenvalue weighted by atomic mass is 35.5. The van der Waals surface area contributed by atoms with Crippen LogP contribution >= 0.6 is 11.6 Å². The van der Waals surface area contributed by atoms with Crippen LogP contribution in [0.5, 0.6) is 0 Å². The number of pyridine rings is 1. The minimum absolute atomic E-state index is 0.00385. The molecule has 1 amide bonds. The van der Waals surface area contributed by atoms with Crippen LogP contribution in [0, 0.1) is 10.6 Å². The molecule has 1 saturated heterocycles. The molecule has 1 fully saturated rings. The Hall–Kier alpha value is -2.45. The van der Waals surface area contributed by atoms with Crippen molar-refractivity contribution in [3.63, 3.8) is 0 Å². The van der Waals surface area contributed by atoms with Gasteiger partial charge in [-0.3, -0.25) is 14.7 Å².